The van der Waals surface area contributed by atoms with E-state index in [1.165, 1.54) is 35.3 Å². The van der Waals surface area contributed by atoms with E-state index in [4.69, 9.17) is 0 Å². The normalized spacial score (nSPS) is 17.3. The molecule has 158 valence electrons. The van der Waals surface area contributed by atoms with Crippen molar-refractivity contribution in [3.8, 4) is 10.6 Å². The van der Waals surface area contributed by atoms with Crippen LogP contribution >= 0.6 is 11.3 Å². The number of rotatable bonds is 6. The predicted molar refractivity (Wildman–Crippen MR) is 120 cm³/mol. The van der Waals surface area contributed by atoms with E-state index in [0.717, 1.165) is 28.4 Å². The molecule has 1 saturated heterocycles. The zero-order valence-corrected chi connectivity index (χ0v) is 18.2. The Balaban J connectivity index is 1.45. The van der Waals surface area contributed by atoms with Crippen molar-refractivity contribution >= 4 is 27.5 Å². The number of benzene rings is 1. The maximum Gasteiger partial charge on any atom is 0.294 e. The molecule has 1 aliphatic heterocycles. The Bertz CT molecular complexity index is 1090. The van der Waals surface area contributed by atoms with Crippen LogP contribution in [0.25, 0.3) is 20.8 Å². The van der Waals surface area contributed by atoms with Crippen LogP contribution in [0.2, 0.25) is 0 Å². The zero-order chi connectivity index (χ0) is 21.1. The lowest BCUT2D eigenvalue weighted by Gasteiger charge is -2.33. The van der Waals surface area contributed by atoms with Gasteiger partial charge in [-0.05, 0) is 33.2 Å². The van der Waals surface area contributed by atoms with Gasteiger partial charge in [0.25, 0.3) is 5.56 Å². The summed E-state index contributed by atoms with van der Waals surface area (Å²) < 4.78 is 2.00. The lowest BCUT2D eigenvalue weighted by atomic mass is 10.0. The fraction of sp³-hybridized carbons (Fsp3) is 0.455. The van der Waals surface area contributed by atoms with Crippen LogP contribution in [0.3, 0.4) is 0 Å². The summed E-state index contributed by atoms with van der Waals surface area (Å²) in [6, 6.07) is 10.3. The van der Waals surface area contributed by atoms with E-state index < -0.39 is 0 Å². The molecule has 1 N–H and O–H groups in total. The highest BCUT2D eigenvalue weighted by atomic mass is 32.1. The van der Waals surface area contributed by atoms with Gasteiger partial charge in [0, 0.05) is 24.7 Å². The Morgan fingerprint density at radius 1 is 1.27 bits per heavy atom. The molecule has 3 heterocycles. The van der Waals surface area contributed by atoms with Crippen molar-refractivity contribution in [2.45, 2.75) is 45.7 Å². The van der Waals surface area contributed by atoms with Crippen LogP contribution in [0.5, 0.6) is 0 Å². The molecule has 0 saturated carbocycles. The fourth-order valence-electron chi connectivity index (χ4n) is 3.94. The van der Waals surface area contributed by atoms with Crippen molar-refractivity contribution < 1.29 is 4.79 Å². The monoisotopic (exact) mass is 425 g/mol. The zero-order valence-electron chi connectivity index (χ0n) is 17.4. The van der Waals surface area contributed by atoms with E-state index in [1.54, 1.807) is 0 Å². The molecule has 1 aliphatic rings. The molecular formula is C22H27N5O2S. The lowest BCUT2D eigenvalue weighted by Crippen LogP contribution is -2.43. The largest absolute Gasteiger partial charge is 0.353 e. The number of hydrogen-bond donors (Lipinski definition) is 1. The van der Waals surface area contributed by atoms with Gasteiger partial charge in [0.05, 0.1) is 10.4 Å². The number of nitrogens with zero attached hydrogens (tertiary/aromatic N) is 4. The van der Waals surface area contributed by atoms with E-state index in [0.29, 0.717) is 23.8 Å². The molecule has 3 aromatic rings. The third kappa shape index (κ3) is 4.44. The quantitative estimate of drug-likeness (QED) is 0.657. The summed E-state index contributed by atoms with van der Waals surface area (Å²) in [5.74, 6) is -0.202. The smallest absolute Gasteiger partial charge is 0.294 e. The van der Waals surface area contributed by atoms with E-state index >= 15 is 0 Å². The van der Waals surface area contributed by atoms with Crippen LogP contribution in [0.1, 0.15) is 31.9 Å². The number of piperidine rings is 1. The van der Waals surface area contributed by atoms with Gasteiger partial charge >= 0.3 is 0 Å². The molecule has 1 fully saturated rings. The number of carbonyl (C=O) groups is 1. The highest BCUT2D eigenvalue weighted by Gasteiger charge is 2.19. The minimum absolute atomic E-state index is 0.0939. The number of carbonyl (C=O) groups excluding carboxylic acids is 1. The van der Waals surface area contributed by atoms with Gasteiger partial charge in [-0.1, -0.05) is 36.8 Å². The van der Waals surface area contributed by atoms with Crippen LogP contribution in [-0.2, 0) is 11.3 Å². The fourth-order valence-corrected chi connectivity index (χ4v) is 4.94. The van der Waals surface area contributed by atoms with Gasteiger partial charge in [-0.25, -0.2) is 9.67 Å². The molecule has 0 aliphatic carbocycles. The summed E-state index contributed by atoms with van der Waals surface area (Å²) in [7, 11) is 0. The highest BCUT2D eigenvalue weighted by molar-refractivity contribution is 7.21. The second-order valence-electron chi connectivity index (χ2n) is 7.84. The van der Waals surface area contributed by atoms with E-state index in [1.807, 2.05) is 37.3 Å². The molecule has 8 heteroatoms. The molecule has 7 nitrogen and oxygen atoms in total. The van der Waals surface area contributed by atoms with Crippen LogP contribution in [0.4, 0.5) is 0 Å². The van der Waals surface area contributed by atoms with Crippen LogP contribution in [0, 0.1) is 6.92 Å². The Hall–Kier alpha value is -2.58. The molecule has 0 spiro atoms. The number of aryl methyl sites for hydroxylation is 1. The first-order valence-electron chi connectivity index (χ1n) is 10.5. The second kappa shape index (κ2) is 9.06. The summed E-state index contributed by atoms with van der Waals surface area (Å²) in [6.45, 7) is 6.49. The number of thiazole rings is 1. The van der Waals surface area contributed by atoms with E-state index in [2.05, 4.69) is 27.2 Å². The standard InChI is InChI=1S/C22H27N5O2S/c1-15-8-6-7-12-26(15)13-11-23-18(28)14-27-22(29)19-20(16(2)25-27)30-21(24-19)17-9-4-3-5-10-17/h3-5,9-10,15H,6-8,11-14H2,1-2H3,(H,23,28)/t15-/m0/s1. The maximum atomic E-state index is 12.9. The molecule has 2 aromatic heterocycles. The Labute approximate surface area is 179 Å². The maximum absolute atomic E-state index is 12.9. The van der Waals surface area contributed by atoms with Crippen molar-refractivity contribution in [2.75, 3.05) is 19.6 Å². The summed E-state index contributed by atoms with van der Waals surface area (Å²) in [4.78, 5) is 32.3. The number of fused-ring (bicyclic) bond motifs is 1. The minimum atomic E-state index is -0.325. The van der Waals surface area contributed by atoms with Gasteiger partial charge in [0.2, 0.25) is 5.91 Å². The first kappa shape index (κ1) is 20.7. The van der Waals surface area contributed by atoms with Gasteiger partial charge in [-0.15, -0.1) is 11.3 Å². The summed E-state index contributed by atoms with van der Waals surface area (Å²) in [6.07, 6.45) is 3.71. The number of nitrogens with one attached hydrogen (secondary N) is 1. The van der Waals surface area contributed by atoms with Gasteiger partial charge in [-0.3, -0.25) is 14.5 Å². The molecule has 0 radical (unpaired) electrons. The number of hydrogen-bond acceptors (Lipinski definition) is 6. The summed E-state index contributed by atoms with van der Waals surface area (Å²) in [5.41, 5.74) is 1.73. The number of aromatic nitrogens is 3. The summed E-state index contributed by atoms with van der Waals surface area (Å²) >= 11 is 1.46. The molecular weight excluding hydrogens is 398 g/mol. The molecule has 0 unspecified atom stereocenters. The Kier molecular flexibility index (Phi) is 6.24. The average Bonchev–Trinajstić information content (AvgIpc) is 3.20. The molecule has 0 bridgehead atoms. The summed E-state index contributed by atoms with van der Waals surface area (Å²) in [5, 5.41) is 8.07. The van der Waals surface area contributed by atoms with Gasteiger partial charge in [0.15, 0.2) is 5.52 Å². The first-order chi connectivity index (χ1) is 14.5. The lowest BCUT2D eigenvalue weighted by molar-refractivity contribution is -0.122. The van der Waals surface area contributed by atoms with Crippen molar-refractivity contribution in [2.24, 2.45) is 0 Å². The van der Waals surface area contributed by atoms with E-state index in [9.17, 15) is 9.59 Å². The molecule has 1 atom stereocenters. The SMILES string of the molecule is Cc1nn(CC(=O)NCCN2CCCC[C@@H]2C)c(=O)c2nc(-c3ccccc3)sc12. The highest BCUT2D eigenvalue weighted by Crippen LogP contribution is 2.29. The predicted octanol–water partition coefficient (Wildman–Crippen LogP) is 2.82. The van der Waals surface area contributed by atoms with Crippen molar-refractivity contribution in [3.05, 3.63) is 46.4 Å². The van der Waals surface area contributed by atoms with Gasteiger partial charge in [0.1, 0.15) is 11.6 Å². The van der Waals surface area contributed by atoms with Crippen molar-refractivity contribution in [1.82, 2.24) is 25.0 Å². The van der Waals surface area contributed by atoms with Gasteiger partial charge < -0.3 is 5.32 Å². The Morgan fingerprint density at radius 2 is 2.07 bits per heavy atom. The average molecular weight is 426 g/mol. The molecule has 1 aromatic carbocycles. The Morgan fingerprint density at radius 3 is 2.83 bits per heavy atom. The van der Waals surface area contributed by atoms with Crippen LogP contribution in [-0.4, -0.2) is 51.2 Å². The van der Waals surface area contributed by atoms with E-state index in [-0.39, 0.29) is 18.0 Å². The first-order valence-corrected chi connectivity index (χ1v) is 11.3. The van der Waals surface area contributed by atoms with Crippen LogP contribution in [0.15, 0.2) is 35.1 Å². The molecule has 30 heavy (non-hydrogen) atoms. The second-order valence-corrected chi connectivity index (χ2v) is 8.84. The topological polar surface area (TPSA) is 80.1 Å². The third-order valence-corrected chi connectivity index (χ3v) is 6.85. The molecule has 4 rings (SSSR count). The molecule has 1 amide bonds. The van der Waals surface area contributed by atoms with Crippen molar-refractivity contribution in [1.29, 1.82) is 0 Å². The number of likely N-dealkylation sites (tertiary alicyclic amines) is 1. The van der Waals surface area contributed by atoms with Crippen LogP contribution < -0.4 is 10.9 Å². The minimum Gasteiger partial charge on any atom is -0.353 e. The number of amides is 1. The van der Waals surface area contributed by atoms with Crippen molar-refractivity contribution in [3.63, 3.8) is 0 Å². The third-order valence-electron chi connectivity index (χ3n) is 5.64. The van der Waals surface area contributed by atoms with Gasteiger partial charge in [-0.2, -0.15) is 5.10 Å².